The van der Waals surface area contributed by atoms with E-state index >= 15 is 0 Å². The van der Waals surface area contributed by atoms with Crippen molar-refractivity contribution < 1.29 is 32.2 Å². The molecule has 1 spiro atoms. The summed E-state index contributed by atoms with van der Waals surface area (Å²) in [5, 5.41) is 0. The molecule has 4 nitrogen and oxygen atoms in total. The van der Waals surface area contributed by atoms with Gasteiger partial charge in [-0.05, 0) is 38.5 Å². The summed E-state index contributed by atoms with van der Waals surface area (Å²) in [6.07, 6.45) is -1.96. The van der Waals surface area contributed by atoms with Crippen molar-refractivity contribution in [1.29, 1.82) is 0 Å². The summed E-state index contributed by atoms with van der Waals surface area (Å²) in [6, 6.07) is 0. The van der Waals surface area contributed by atoms with Gasteiger partial charge in [0.15, 0.2) is 5.78 Å². The van der Waals surface area contributed by atoms with Crippen LogP contribution in [0.5, 0.6) is 0 Å². The minimum absolute atomic E-state index is 0.0281. The number of methoxy groups -OCH3 is 1. The van der Waals surface area contributed by atoms with Gasteiger partial charge in [0, 0.05) is 18.9 Å². The van der Waals surface area contributed by atoms with Gasteiger partial charge >= 0.3 is 6.18 Å². The van der Waals surface area contributed by atoms with Crippen molar-refractivity contribution >= 4 is 5.78 Å². The van der Waals surface area contributed by atoms with Crippen molar-refractivity contribution in [3.63, 3.8) is 0 Å². The number of rotatable bonds is 7. The van der Waals surface area contributed by atoms with Gasteiger partial charge in [0.1, 0.15) is 12.7 Å². The van der Waals surface area contributed by atoms with Gasteiger partial charge in [-0.25, -0.2) is 0 Å². The monoisotopic (exact) mass is 352 g/mol. The summed E-state index contributed by atoms with van der Waals surface area (Å²) in [5.41, 5.74) is -0.626. The van der Waals surface area contributed by atoms with Crippen molar-refractivity contribution in [1.82, 2.24) is 0 Å². The van der Waals surface area contributed by atoms with E-state index in [1.165, 1.54) is 7.11 Å². The molecule has 0 heterocycles. The predicted molar refractivity (Wildman–Crippen MR) is 81.6 cm³/mol. The zero-order chi connectivity index (χ0) is 18.2. The van der Waals surface area contributed by atoms with Crippen LogP contribution in [0.15, 0.2) is 0 Å². The van der Waals surface area contributed by atoms with Crippen LogP contribution < -0.4 is 0 Å². The van der Waals surface area contributed by atoms with Crippen molar-refractivity contribution in [3.8, 4) is 0 Å². The highest BCUT2D eigenvalue weighted by molar-refractivity contribution is 5.87. The average molecular weight is 352 g/mol. The first-order valence-electron chi connectivity index (χ1n) is 8.37. The quantitative estimate of drug-likeness (QED) is 0.659. The maximum atomic E-state index is 12.5. The molecule has 0 unspecified atom stereocenters. The largest absolute Gasteiger partial charge is 0.411 e. The third kappa shape index (κ3) is 4.29. The fourth-order valence-electron chi connectivity index (χ4n) is 4.27. The fourth-order valence-corrected chi connectivity index (χ4v) is 4.27. The third-order valence-corrected chi connectivity index (χ3v) is 5.30. The number of halogens is 3. The topological polar surface area (TPSA) is 44.8 Å². The lowest BCUT2D eigenvalue weighted by atomic mass is 9.63. The van der Waals surface area contributed by atoms with Crippen LogP contribution in [0.2, 0.25) is 0 Å². The molecule has 0 saturated heterocycles. The molecule has 0 aliphatic heterocycles. The number of ketones is 1. The van der Waals surface area contributed by atoms with Gasteiger partial charge in [-0.3, -0.25) is 4.79 Å². The lowest BCUT2D eigenvalue weighted by molar-refractivity contribution is -0.189. The van der Waals surface area contributed by atoms with Crippen molar-refractivity contribution in [2.45, 2.75) is 57.9 Å². The third-order valence-electron chi connectivity index (χ3n) is 5.30. The molecule has 2 aliphatic carbocycles. The summed E-state index contributed by atoms with van der Waals surface area (Å²) in [6.45, 7) is 4.35. The molecule has 0 aromatic rings. The Morgan fingerprint density at radius 2 is 1.83 bits per heavy atom. The molecule has 2 saturated carbocycles. The van der Waals surface area contributed by atoms with Crippen LogP contribution in [0, 0.1) is 17.3 Å². The van der Waals surface area contributed by atoms with Crippen molar-refractivity contribution in [2.75, 3.05) is 26.9 Å². The Labute approximate surface area is 141 Å². The molecule has 0 radical (unpaired) electrons. The predicted octanol–water partition coefficient (Wildman–Crippen LogP) is 3.38. The van der Waals surface area contributed by atoms with E-state index in [4.69, 9.17) is 9.47 Å². The van der Waals surface area contributed by atoms with E-state index in [0.29, 0.717) is 0 Å². The Morgan fingerprint density at radius 1 is 1.21 bits per heavy atom. The van der Waals surface area contributed by atoms with Crippen molar-refractivity contribution in [2.24, 2.45) is 17.3 Å². The Morgan fingerprint density at radius 3 is 2.33 bits per heavy atom. The fraction of sp³-hybridized carbons (Fsp3) is 0.941. The minimum Gasteiger partial charge on any atom is -0.373 e. The standard InChI is InChI=1S/C17H27F3O4/c1-11-9-16(5-6-16)14(13(22-4)12(11)21)15(2,3)24-8-7-23-10-17(18,19)20/h11,13-14H,5-10H2,1-4H3/t11-,13-,14-/m1/s1. The first-order chi connectivity index (χ1) is 11.0. The molecule has 2 rings (SSSR count). The summed E-state index contributed by atoms with van der Waals surface area (Å²) in [7, 11) is 1.53. The van der Waals surface area contributed by atoms with Crippen LogP contribution in [0.3, 0.4) is 0 Å². The Balaban J connectivity index is 1.97. The van der Waals surface area contributed by atoms with Crippen molar-refractivity contribution in [3.05, 3.63) is 0 Å². The average Bonchev–Trinajstić information content (AvgIpc) is 3.20. The molecule has 0 aromatic heterocycles. The molecule has 24 heavy (non-hydrogen) atoms. The Hall–Kier alpha value is -0.660. The molecule has 0 amide bonds. The highest BCUT2D eigenvalue weighted by atomic mass is 19.4. The number of hydrogen-bond donors (Lipinski definition) is 0. The van der Waals surface area contributed by atoms with E-state index in [9.17, 15) is 18.0 Å². The SMILES string of the molecule is CO[C@@H]1C(=O)[C@H](C)CC2(CC2)[C@H]1C(C)(C)OCCOCC(F)(F)F. The molecule has 2 aliphatic rings. The molecule has 140 valence electrons. The Bertz CT molecular complexity index is 457. The van der Waals surface area contributed by atoms with E-state index in [1.54, 1.807) is 0 Å². The van der Waals surface area contributed by atoms with Gasteiger partial charge in [-0.2, -0.15) is 13.2 Å². The van der Waals surface area contributed by atoms with Crippen LogP contribution in [0.25, 0.3) is 0 Å². The van der Waals surface area contributed by atoms with E-state index in [2.05, 4.69) is 4.74 Å². The van der Waals surface area contributed by atoms with Crippen LogP contribution in [-0.4, -0.2) is 50.6 Å². The molecular weight excluding hydrogens is 325 g/mol. The van der Waals surface area contributed by atoms with Crippen LogP contribution in [0.1, 0.15) is 40.0 Å². The van der Waals surface area contributed by atoms with Crippen LogP contribution in [0.4, 0.5) is 13.2 Å². The molecule has 0 N–H and O–H groups in total. The highest BCUT2D eigenvalue weighted by Gasteiger charge is 2.63. The van der Waals surface area contributed by atoms with Gasteiger partial charge in [-0.1, -0.05) is 6.92 Å². The molecule has 2 fully saturated rings. The zero-order valence-corrected chi connectivity index (χ0v) is 14.7. The number of alkyl halides is 3. The molecule has 0 aromatic carbocycles. The summed E-state index contributed by atoms with van der Waals surface area (Å²) < 4.78 is 52.2. The van der Waals surface area contributed by atoms with E-state index in [0.717, 1.165) is 19.3 Å². The number of Topliss-reactive ketones (excluding diaryl/α,β-unsaturated/α-hetero) is 1. The van der Waals surface area contributed by atoms with Gasteiger partial charge in [0.25, 0.3) is 0 Å². The van der Waals surface area contributed by atoms with Gasteiger partial charge in [0.05, 0.1) is 18.8 Å². The summed E-state index contributed by atoms with van der Waals surface area (Å²) in [4.78, 5) is 12.5. The normalized spacial score (nSPS) is 30.0. The second kappa shape index (κ2) is 6.92. The van der Waals surface area contributed by atoms with E-state index < -0.39 is 24.5 Å². The van der Waals surface area contributed by atoms with Crippen LogP contribution >= 0.6 is 0 Å². The van der Waals surface area contributed by atoms with E-state index in [-0.39, 0.29) is 36.2 Å². The minimum atomic E-state index is -4.33. The summed E-state index contributed by atoms with van der Waals surface area (Å²) >= 11 is 0. The van der Waals surface area contributed by atoms with Gasteiger partial charge in [0.2, 0.25) is 0 Å². The maximum Gasteiger partial charge on any atom is 0.411 e. The molecule has 0 bridgehead atoms. The maximum absolute atomic E-state index is 12.5. The molecule has 3 atom stereocenters. The number of carbonyl (C=O) groups excluding carboxylic acids is 1. The second-order valence-electron chi connectivity index (χ2n) is 7.62. The molecule has 7 heteroatoms. The second-order valence-corrected chi connectivity index (χ2v) is 7.62. The zero-order valence-electron chi connectivity index (χ0n) is 14.7. The highest BCUT2D eigenvalue weighted by Crippen LogP contribution is 2.63. The lowest BCUT2D eigenvalue weighted by Crippen LogP contribution is -2.55. The van der Waals surface area contributed by atoms with E-state index in [1.807, 2.05) is 20.8 Å². The smallest absolute Gasteiger partial charge is 0.373 e. The van der Waals surface area contributed by atoms with Gasteiger partial charge in [-0.15, -0.1) is 0 Å². The molecular formula is C17H27F3O4. The summed E-state index contributed by atoms with van der Waals surface area (Å²) in [5.74, 6) is -0.0362. The first-order valence-corrected chi connectivity index (χ1v) is 8.37. The first kappa shape index (κ1) is 19.7. The number of ether oxygens (including phenoxy) is 3. The lowest BCUT2D eigenvalue weighted by Gasteiger charge is -2.47. The Kier molecular flexibility index (Phi) is 5.67. The van der Waals surface area contributed by atoms with Gasteiger partial charge < -0.3 is 14.2 Å². The number of hydrogen-bond acceptors (Lipinski definition) is 4. The van der Waals surface area contributed by atoms with Crippen LogP contribution in [-0.2, 0) is 19.0 Å². The number of carbonyl (C=O) groups is 1.